The van der Waals surface area contributed by atoms with Crippen molar-refractivity contribution in [3.05, 3.63) is 91.9 Å². The fourth-order valence-corrected chi connectivity index (χ4v) is 3.41. The van der Waals surface area contributed by atoms with E-state index < -0.39 is 18.2 Å². The molecule has 3 rings (SSSR count). The van der Waals surface area contributed by atoms with Crippen molar-refractivity contribution in [1.29, 1.82) is 0 Å². The minimum atomic E-state index is -0.588. The number of hydrogen-bond donors (Lipinski definition) is 2. The molecule has 6 nitrogen and oxygen atoms in total. The Morgan fingerprint density at radius 1 is 0.879 bits per heavy atom. The van der Waals surface area contributed by atoms with Crippen LogP contribution in [0.3, 0.4) is 0 Å². The number of carbonyl (C=O) groups is 2. The first-order chi connectivity index (χ1) is 15.8. The number of amides is 2. The summed E-state index contributed by atoms with van der Waals surface area (Å²) in [4.78, 5) is 24.1. The average Bonchev–Trinajstić information content (AvgIpc) is 2.76. The van der Waals surface area contributed by atoms with Crippen LogP contribution < -0.4 is 15.5 Å². The standard InChI is InChI=1S/C23H17Cl4N3O3/c24-16-6-5-15(19(26)9-16)13-33-21-4-2-1-3-14(21)12-28-30-23(32)11-22(31)29-17-7-8-18(25)20(27)10-17/h1-10,12H,11,13H2,(H,29,31)(H,30,32). The molecule has 3 aromatic carbocycles. The summed E-state index contributed by atoms with van der Waals surface area (Å²) < 4.78 is 5.83. The maximum Gasteiger partial charge on any atom is 0.249 e. The maximum atomic E-state index is 12.0. The van der Waals surface area contributed by atoms with Gasteiger partial charge in [-0.2, -0.15) is 5.10 Å². The van der Waals surface area contributed by atoms with Crippen molar-refractivity contribution in [2.75, 3.05) is 5.32 Å². The van der Waals surface area contributed by atoms with E-state index in [4.69, 9.17) is 51.1 Å². The smallest absolute Gasteiger partial charge is 0.249 e. The molecule has 0 unspecified atom stereocenters. The molecule has 2 N–H and O–H groups in total. The van der Waals surface area contributed by atoms with Gasteiger partial charge in [-0.3, -0.25) is 9.59 Å². The molecule has 0 aliphatic rings. The number of carbonyl (C=O) groups excluding carboxylic acids is 2. The molecule has 0 saturated heterocycles. The molecule has 0 bridgehead atoms. The number of ether oxygens (including phenoxy) is 1. The van der Waals surface area contributed by atoms with Crippen LogP contribution in [0.4, 0.5) is 5.69 Å². The van der Waals surface area contributed by atoms with Crippen LogP contribution in [-0.4, -0.2) is 18.0 Å². The molecule has 2 amide bonds. The van der Waals surface area contributed by atoms with Gasteiger partial charge in [0.25, 0.3) is 0 Å². The zero-order chi connectivity index (χ0) is 23.8. The van der Waals surface area contributed by atoms with E-state index in [2.05, 4.69) is 15.8 Å². The molecule has 0 saturated carbocycles. The third kappa shape index (κ3) is 7.65. The van der Waals surface area contributed by atoms with E-state index in [-0.39, 0.29) is 6.61 Å². The highest BCUT2D eigenvalue weighted by Gasteiger charge is 2.10. The number of hydrazone groups is 1. The van der Waals surface area contributed by atoms with Crippen LogP contribution in [0.2, 0.25) is 20.1 Å². The first-order valence-corrected chi connectivity index (χ1v) is 11.1. The summed E-state index contributed by atoms with van der Waals surface area (Å²) in [7, 11) is 0. The van der Waals surface area contributed by atoms with Crippen LogP contribution in [0.15, 0.2) is 65.8 Å². The SMILES string of the molecule is O=C(CC(=O)Nc1ccc(Cl)c(Cl)c1)NN=Cc1ccccc1OCc1ccc(Cl)cc1Cl. The third-order valence-electron chi connectivity index (χ3n) is 4.23. The molecule has 0 atom stereocenters. The lowest BCUT2D eigenvalue weighted by atomic mass is 10.2. The van der Waals surface area contributed by atoms with E-state index in [0.717, 1.165) is 5.56 Å². The van der Waals surface area contributed by atoms with Gasteiger partial charge in [0.1, 0.15) is 18.8 Å². The summed E-state index contributed by atoms with van der Waals surface area (Å²) in [5.74, 6) is -0.571. The van der Waals surface area contributed by atoms with Crippen molar-refractivity contribution < 1.29 is 14.3 Å². The van der Waals surface area contributed by atoms with Gasteiger partial charge in [-0.15, -0.1) is 0 Å². The van der Waals surface area contributed by atoms with E-state index >= 15 is 0 Å². The van der Waals surface area contributed by atoms with Crippen LogP contribution in [0.5, 0.6) is 5.75 Å². The summed E-state index contributed by atoms with van der Waals surface area (Å²) >= 11 is 23.8. The summed E-state index contributed by atoms with van der Waals surface area (Å²) in [6.07, 6.45) is 0.998. The van der Waals surface area contributed by atoms with Gasteiger partial charge < -0.3 is 10.1 Å². The predicted octanol–water partition coefficient (Wildman–Crippen LogP) is 6.36. The second kappa shape index (κ2) is 11.9. The summed E-state index contributed by atoms with van der Waals surface area (Å²) in [6, 6.07) is 16.9. The van der Waals surface area contributed by atoms with Crippen molar-refractivity contribution in [3.8, 4) is 5.75 Å². The molecular weight excluding hydrogens is 508 g/mol. The van der Waals surface area contributed by atoms with Crippen molar-refractivity contribution in [3.63, 3.8) is 0 Å². The van der Waals surface area contributed by atoms with Crippen LogP contribution in [0.1, 0.15) is 17.5 Å². The minimum absolute atomic E-state index is 0.224. The molecular formula is C23H17Cl4N3O3. The molecule has 0 radical (unpaired) electrons. The number of nitrogens with one attached hydrogen (secondary N) is 2. The lowest BCUT2D eigenvalue weighted by Gasteiger charge is -2.10. The number of benzene rings is 3. The van der Waals surface area contributed by atoms with Crippen LogP contribution in [0.25, 0.3) is 0 Å². The zero-order valence-corrected chi connectivity index (χ0v) is 20.0. The lowest BCUT2D eigenvalue weighted by Crippen LogP contribution is -2.24. The largest absolute Gasteiger partial charge is 0.488 e. The Kier molecular flexibility index (Phi) is 8.97. The molecule has 0 fully saturated rings. The number of anilines is 1. The number of para-hydroxylation sites is 1. The Hall–Kier alpha value is -2.77. The molecule has 0 spiro atoms. The van der Waals surface area contributed by atoms with E-state index in [0.29, 0.717) is 37.1 Å². The average molecular weight is 525 g/mol. The number of rotatable bonds is 8. The van der Waals surface area contributed by atoms with Gasteiger partial charge in [-0.25, -0.2) is 5.43 Å². The first-order valence-electron chi connectivity index (χ1n) is 9.54. The Labute approximate surface area is 210 Å². The molecule has 170 valence electrons. The Morgan fingerprint density at radius 2 is 1.67 bits per heavy atom. The van der Waals surface area contributed by atoms with Gasteiger partial charge >= 0.3 is 0 Å². The molecule has 10 heteroatoms. The van der Waals surface area contributed by atoms with Gasteiger partial charge in [0.2, 0.25) is 11.8 Å². The number of nitrogens with zero attached hydrogens (tertiary/aromatic N) is 1. The molecule has 33 heavy (non-hydrogen) atoms. The molecule has 0 aliphatic carbocycles. The number of hydrogen-bond acceptors (Lipinski definition) is 4. The van der Waals surface area contributed by atoms with E-state index in [1.807, 2.05) is 6.07 Å². The van der Waals surface area contributed by atoms with Gasteiger partial charge in [0, 0.05) is 26.9 Å². The molecule has 0 aliphatic heterocycles. The normalized spacial score (nSPS) is 10.8. The fourth-order valence-electron chi connectivity index (χ4n) is 2.65. The Balaban J connectivity index is 1.53. The molecule has 0 heterocycles. The van der Waals surface area contributed by atoms with Gasteiger partial charge in [-0.05, 0) is 42.5 Å². The van der Waals surface area contributed by atoms with Crippen molar-refractivity contribution in [2.24, 2.45) is 5.10 Å². The van der Waals surface area contributed by atoms with Gasteiger partial charge in [0.15, 0.2) is 0 Å². The van der Waals surface area contributed by atoms with Crippen molar-refractivity contribution >= 4 is 70.1 Å². The second-order valence-electron chi connectivity index (χ2n) is 6.71. The quantitative estimate of drug-likeness (QED) is 0.204. The summed E-state index contributed by atoms with van der Waals surface area (Å²) in [5.41, 5.74) is 4.14. The van der Waals surface area contributed by atoms with Gasteiger partial charge in [0.05, 0.1) is 16.3 Å². The zero-order valence-electron chi connectivity index (χ0n) is 16.9. The predicted molar refractivity (Wildman–Crippen MR) is 133 cm³/mol. The van der Waals surface area contributed by atoms with Crippen LogP contribution >= 0.6 is 46.4 Å². The van der Waals surface area contributed by atoms with Crippen molar-refractivity contribution in [2.45, 2.75) is 13.0 Å². The summed E-state index contributed by atoms with van der Waals surface area (Å²) in [6.45, 7) is 0.224. The lowest BCUT2D eigenvalue weighted by molar-refractivity contribution is -0.126. The monoisotopic (exact) mass is 523 g/mol. The Morgan fingerprint density at radius 3 is 2.42 bits per heavy atom. The third-order valence-corrected chi connectivity index (χ3v) is 5.56. The molecule has 0 aromatic heterocycles. The van der Waals surface area contributed by atoms with E-state index in [1.165, 1.54) is 12.3 Å². The van der Waals surface area contributed by atoms with E-state index in [9.17, 15) is 9.59 Å². The van der Waals surface area contributed by atoms with Crippen molar-refractivity contribution in [1.82, 2.24) is 5.43 Å². The second-order valence-corrected chi connectivity index (χ2v) is 8.37. The minimum Gasteiger partial charge on any atom is -0.488 e. The highest BCUT2D eigenvalue weighted by Crippen LogP contribution is 2.25. The molecule has 3 aromatic rings. The Bertz CT molecular complexity index is 1200. The van der Waals surface area contributed by atoms with Crippen LogP contribution in [-0.2, 0) is 16.2 Å². The van der Waals surface area contributed by atoms with E-state index in [1.54, 1.807) is 48.5 Å². The first kappa shape index (κ1) is 24.9. The summed E-state index contributed by atoms with van der Waals surface area (Å²) in [5, 5.41) is 8.17. The van der Waals surface area contributed by atoms with Crippen LogP contribution in [0, 0.1) is 0 Å². The maximum absolute atomic E-state index is 12.0. The highest BCUT2D eigenvalue weighted by molar-refractivity contribution is 6.42. The highest BCUT2D eigenvalue weighted by atomic mass is 35.5. The van der Waals surface area contributed by atoms with Gasteiger partial charge in [-0.1, -0.05) is 64.6 Å². The number of halogens is 4. The fraction of sp³-hybridized carbons (Fsp3) is 0.0870. The topological polar surface area (TPSA) is 79.8 Å².